The maximum atomic E-state index is 14.0. The van der Waals surface area contributed by atoms with Gasteiger partial charge in [-0.15, -0.1) is 0 Å². The summed E-state index contributed by atoms with van der Waals surface area (Å²) in [5, 5.41) is 0.916. The van der Waals surface area contributed by atoms with Gasteiger partial charge in [0.1, 0.15) is 5.75 Å². The topological polar surface area (TPSA) is 28.3 Å². The molecule has 0 saturated heterocycles. The van der Waals surface area contributed by atoms with Gasteiger partial charge in [-0.05, 0) is 45.7 Å². The summed E-state index contributed by atoms with van der Waals surface area (Å²) in [6.45, 7) is 9.78. The largest absolute Gasteiger partial charge is 0.497 e. The number of nitrogens with one attached hydrogen (secondary N) is 1. The Morgan fingerprint density at radius 3 is 2.43 bits per heavy atom. The fraction of sp³-hybridized carbons (Fsp3) is 0.529. The van der Waals surface area contributed by atoms with E-state index in [2.05, 4.69) is 37.6 Å². The molecule has 4 heteroatoms. The maximum Gasteiger partial charge on any atom is 0.150 e. The van der Waals surface area contributed by atoms with Crippen molar-refractivity contribution in [2.75, 3.05) is 13.7 Å². The molecule has 0 radical (unpaired) electrons. The number of methoxy groups -OCH3 is 1. The Balaban J connectivity index is 2.24. The van der Waals surface area contributed by atoms with Crippen LogP contribution in [-0.2, 0) is 6.42 Å². The number of benzene rings is 1. The van der Waals surface area contributed by atoms with Crippen molar-refractivity contribution in [2.45, 2.75) is 46.2 Å². The number of H-pyrrole nitrogens is 1. The molecule has 0 aliphatic rings. The van der Waals surface area contributed by atoms with Crippen molar-refractivity contribution < 1.29 is 9.13 Å². The molecule has 0 bridgehead atoms. The highest BCUT2D eigenvalue weighted by Crippen LogP contribution is 2.27. The molecule has 2 rings (SSSR count). The third-order valence-corrected chi connectivity index (χ3v) is 4.00. The summed E-state index contributed by atoms with van der Waals surface area (Å²) in [4.78, 5) is 5.48. The van der Waals surface area contributed by atoms with Gasteiger partial charge in [-0.3, -0.25) is 4.90 Å². The number of aromatic amines is 1. The van der Waals surface area contributed by atoms with E-state index in [1.54, 1.807) is 7.11 Å². The van der Waals surface area contributed by atoms with Gasteiger partial charge in [-0.2, -0.15) is 0 Å². The number of fused-ring (bicyclic) bond motifs is 1. The monoisotopic (exact) mass is 292 g/mol. The van der Waals surface area contributed by atoms with Crippen molar-refractivity contribution in [2.24, 2.45) is 0 Å². The zero-order chi connectivity index (χ0) is 15.6. The number of nitrogens with zero attached hydrogens (tertiary/aromatic N) is 1. The summed E-state index contributed by atoms with van der Waals surface area (Å²) < 4.78 is 19.1. The van der Waals surface area contributed by atoms with E-state index in [0.717, 1.165) is 23.9 Å². The molecule has 0 unspecified atom stereocenters. The Kier molecular flexibility index (Phi) is 4.88. The van der Waals surface area contributed by atoms with Crippen LogP contribution in [0.3, 0.4) is 0 Å². The first-order valence-corrected chi connectivity index (χ1v) is 7.53. The molecule has 0 atom stereocenters. The van der Waals surface area contributed by atoms with Crippen LogP contribution in [0.4, 0.5) is 4.39 Å². The van der Waals surface area contributed by atoms with Crippen molar-refractivity contribution in [3.63, 3.8) is 0 Å². The predicted octanol–water partition coefficient (Wildman–Crippen LogP) is 3.98. The fourth-order valence-corrected chi connectivity index (χ4v) is 2.91. The molecule has 3 nitrogen and oxygen atoms in total. The quantitative estimate of drug-likeness (QED) is 0.872. The minimum absolute atomic E-state index is 0.264. The molecule has 0 spiro atoms. The molecule has 1 aromatic carbocycles. The number of hydrogen-bond acceptors (Lipinski definition) is 2. The van der Waals surface area contributed by atoms with Crippen molar-refractivity contribution in [1.82, 2.24) is 9.88 Å². The second kappa shape index (κ2) is 6.48. The number of rotatable bonds is 6. The smallest absolute Gasteiger partial charge is 0.150 e. The van der Waals surface area contributed by atoms with Crippen LogP contribution in [0.25, 0.3) is 10.9 Å². The van der Waals surface area contributed by atoms with Crippen LogP contribution >= 0.6 is 0 Å². The van der Waals surface area contributed by atoms with E-state index in [1.165, 1.54) is 6.07 Å². The van der Waals surface area contributed by atoms with Crippen molar-refractivity contribution >= 4 is 10.9 Å². The number of halogens is 1. The lowest BCUT2D eigenvalue weighted by Crippen LogP contribution is -2.38. The molecule has 1 aromatic heterocycles. The normalized spacial score (nSPS) is 12.0. The predicted molar refractivity (Wildman–Crippen MR) is 85.5 cm³/mol. The molecule has 2 aromatic rings. The Morgan fingerprint density at radius 1 is 1.19 bits per heavy atom. The van der Waals surface area contributed by atoms with Crippen molar-refractivity contribution in [3.05, 3.63) is 29.7 Å². The average Bonchev–Trinajstić information content (AvgIpc) is 2.82. The highest BCUT2D eigenvalue weighted by molar-refractivity contribution is 5.85. The van der Waals surface area contributed by atoms with Crippen LogP contribution in [0.2, 0.25) is 0 Å². The number of ether oxygens (including phenoxy) is 1. The van der Waals surface area contributed by atoms with Gasteiger partial charge in [-0.25, -0.2) is 4.39 Å². The summed E-state index contributed by atoms with van der Waals surface area (Å²) in [5.41, 5.74) is 1.69. The SMILES string of the molecule is COc1cc(F)c2[nH]cc(CCN(C(C)C)C(C)C)c2c1. The zero-order valence-corrected chi connectivity index (χ0v) is 13.5. The minimum atomic E-state index is -0.264. The number of aromatic nitrogens is 1. The lowest BCUT2D eigenvalue weighted by molar-refractivity contribution is 0.177. The first kappa shape index (κ1) is 15.8. The molecule has 21 heavy (non-hydrogen) atoms. The lowest BCUT2D eigenvalue weighted by atomic mass is 10.1. The third-order valence-electron chi connectivity index (χ3n) is 4.00. The molecule has 0 amide bonds. The molecular weight excluding hydrogens is 267 g/mol. The van der Waals surface area contributed by atoms with E-state index in [-0.39, 0.29) is 5.82 Å². The Labute approximate surface area is 126 Å². The van der Waals surface area contributed by atoms with Crippen LogP contribution in [0.5, 0.6) is 5.75 Å². The Bertz CT molecular complexity index is 596. The third kappa shape index (κ3) is 3.38. The second-order valence-corrected chi connectivity index (χ2v) is 6.02. The molecule has 1 heterocycles. The Morgan fingerprint density at radius 2 is 1.86 bits per heavy atom. The Hall–Kier alpha value is -1.55. The summed E-state index contributed by atoms with van der Waals surface area (Å²) >= 11 is 0. The molecule has 1 N–H and O–H groups in total. The lowest BCUT2D eigenvalue weighted by Gasteiger charge is -2.30. The van der Waals surface area contributed by atoms with Crippen molar-refractivity contribution in [3.8, 4) is 5.75 Å². The zero-order valence-electron chi connectivity index (χ0n) is 13.5. The highest BCUT2D eigenvalue weighted by atomic mass is 19.1. The van der Waals surface area contributed by atoms with E-state index >= 15 is 0 Å². The maximum absolute atomic E-state index is 14.0. The minimum Gasteiger partial charge on any atom is -0.497 e. The van der Waals surface area contributed by atoms with Gasteiger partial charge in [0, 0.05) is 36.3 Å². The van der Waals surface area contributed by atoms with Crippen LogP contribution in [0, 0.1) is 5.82 Å². The summed E-state index contributed by atoms with van der Waals surface area (Å²) in [6.07, 6.45) is 2.80. The summed E-state index contributed by atoms with van der Waals surface area (Å²) in [7, 11) is 1.56. The molecule has 0 saturated carbocycles. The van der Waals surface area contributed by atoms with E-state index < -0.39 is 0 Å². The van der Waals surface area contributed by atoms with E-state index in [4.69, 9.17) is 4.74 Å². The van der Waals surface area contributed by atoms with Crippen LogP contribution < -0.4 is 4.74 Å². The van der Waals surface area contributed by atoms with Crippen LogP contribution in [0.1, 0.15) is 33.3 Å². The first-order chi connectivity index (χ1) is 9.93. The van der Waals surface area contributed by atoms with Gasteiger partial charge in [0.05, 0.1) is 12.6 Å². The fourth-order valence-electron chi connectivity index (χ4n) is 2.91. The summed E-state index contributed by atoms with van der Waals surface area (Å²) in [6, 6.07) is 4.32. The van der Waals surface area contributed by atoms with Crippen molar-refractivity contribution in [1.29, 1.82) is 0 Å². The average molecular weight is 292 g/mol. The number of hydrogen-bond donors (Lipinski definition) is 1. The van der Waals surface area contributed by atoms with Gasteiger partial charge >= 0.3 is 0 Å². The van der Waals surface area contributed by atoms with E-state index in [0.29, 0.717) is 23.3 Å². The van der Waals surface area contributed by atoms with E-state index in [1.807, 2.05) is 12.3 Å². The second-order valence-electron chi connectivity index (χ2n) is 6.02. The van der Waals surface area contributed by atoms with Gasteiger partial charge in [0.25, 0.3) is 0 Å². The van der Waals surface area contributed by atoms with Gasteiger partial charge in [-0.1, -0.05) is 0 Å². The van der Waals surface area contributed by atoms with Crippen LogP contribution in [-0.4, -0.2) is 35.6 Å². The molecule has 0 aliphatic carbocycles. The van der Waals surface area contributed by atoms with Gasteiger partial charge in [0.2, 0.25) is 0 Å². The molecule has 116 valence electrons. The standard InChI is InChI=1S/C17H25FN2O/c1-11(2)20(12(3)4)7-6-13-10-19-17-15(13)8-14(21-5)9-16(17)18/h8-12,19H,6-7H2,1-5H3. The van der Waals surface area contributed by atoms with Gasteiger partial charge in [0.15, 0.2) is 5.82 Å². The van der Waals surface area contributed by atoms with Crippen LogP contribution in [0.15, 0.2) is 18.3 Å². The molecule has 0 aliphatic heterocycles. The highest BCUT2D eigenvalue weighted by Gasteiger charge is 2.15. The van der Waals surface area contributed by atoms with Gasteiger partial charge < -0.3 is 9.72 Å². The first-order valence-electron chi connectivity index (χ1n) is 7.53. The molecule has 0 fully saturated rings. The summed E-state index contributed by atoms with van der Waals surface area (Å²) in [5.74, 6) is 0.297. The van der Waals surface area contributed by atoms with E-state index in [9.17, 15) is 4.39 Å². The molecular formula is C17H25FN2O.